The number of hydrogen-bond acceptors (Lipinski definition) is 3. The zero-order chi connectivity index (χ0) is 15.5. The number of rotatable bonds is 2. The highest BCUT2D eigenvalue weighted by atomic mass is 16.6. The summed E-state index contributed by atoms with van der Waals surface area (Å²) in [5, 5.41) is 0. The van der Waals surface area contributed by atoms with Crippen LogP contribution < -0.4 is 0 Å². The van der Waals surface area contributed by atoms with Crippen molar-refractivity contribution in [2.24, 2.45) is 0 Å². The Morgan fingerprint density at radius 3 is 2.48 bits per heavy atom. The highest BCUT2D eigenvalue weighted by Crippen LogP contribution is 2.20. The zero-order valence-corrected chi connectivity index (χ0v) is 13.5. The SMILES string of the molecule is C[C@@H]1CN(C(C)(C)C)CCN1C(=O)OCc1ccccc1. The number of nitrogens with zero attached hydrogens (tertiary/aromatic N) is 2. The molecular formula is C17H26N2O2. The van der Waals surface area contributed by atoms with Gasteiger partial charge in [-0.05, 0) is 33.3 Å². The first-order valence-electron chi connectivity index (χ1n) is 7.60. The molecule has 0 spiro atoms. The molecule has 0 radical (unpaired) electrons. The van der Waals surface area contributed by atoms with Gasteiger partial charge in [-0.15, -0.1) is 0 Å². The fourth-order valence-corrected chi connectivity index (χ4v) is 2.64. The molecule has 1 aliphatic rings. The monoisotopic (exact) mass is 290 g/mol. The molecule has 1 aliphatic heterocycles. The number of carbonyl (C=O) groups is 1. The van der Waals surface area contributed by atoms with Gasteiger partial charge in [0.25, 0.3) is 0 Å². The first-order chi connectivity index (χ1) is 9.88. The van der Waals surface area contributed by atoms with E-state index >= 15 is 0 Å². The third-order valence-electron chi connectivity index (χ3n) is 4.02. The van der Waals surface area contributed by atoms with E-state index in [2.05, 4.69) is 32.6 Å². The minimum atomic E-state index is -0.208. The third kappa shape index (κ3) is 4.21. The molecule has 21 heavy (non-hydrogen) atoms. The highest BCUT2D eigenvalue weighted by Gasteiger charge is 2.32. The van der Waals surface area contributed by atoms with Crippen molar-refractivity contribution in [2.75, 3.05) is 19.6 Å². The molecule has 0 saturated carbocycles. The summed E-state index contributed by atoms with van der Waals surface area (Å²) in [6.07, 6.45) is -0.208. The number of hydrogen-bond donors (Lipinski definition) is 0. The molecule has 0 aromatic heterocycles. The predicted octanol–water partition coefficient (Wildman–Crippen LogP) is 3.13. The summed E-state index contributed by atoms with van der Waals surface area (Å²) < 4.78 is 5.43. The number of ether oxygens (including phenoxy) is 1. The van der Waals surface area contributed by atoms with Gasteiger partial charge >= 0.3 is 6.09 Å². The largest absolute Gasteiger partial charge is 0.445 e. The van der Waals surface area contributed by atoms with Crippen LogP contribution in [0.25, 0.3) is 0 Å². The van der Waals surface area contributed by atoms with Gasteiger partial charge < -0.3 is 9.64 Å². The minimum absolute atomic E-state index is 0.147. The molecule has 1 heterocycles. The fraction of sp³-hybridized carbons (Fsp3) is 0.588. The number of amides is 1. The van der Waals surface area contributed by atoms with Crippen LogP contribution in [-0.2, 0) is 11.3 Å². The molecule has 0 unspecified atom stereocenters. The van der Waals surface area contributed by atoms with Crippen LogP contribution in [0.2, 0.25) is 0 Å². The molecule has 0 aliphatic carbocycles. The normalized spacial score (nSPS) is 20.4. The van der Waals surface area contributed by atoms with Crippen molar-refractivity contribution >= 4 is 6.09 Å². The Balaban J connectivity index is 1.86. The van der Waals surface area contributed by atoms with Gasteiger partial charge in [0.2, 0.25) is 0 Å². The van der Waals surface area contributed by atoms with Gasteiger partial charge in [-0.3, -0.25) is 4.90 Å². The summed E-state index contributed by atoms with van der Waals surface area (Å²) in [5.41, 5.74) is 1.17. The molecule has 0 bridgehead atoms. The van der Waals surface area contributed by atoms with Gasteiger partial charge in [-0.2, -0.15) is 0 Å². The molecule has 4 heteroatoms. The van der Waals surface area contributed by atoms with E-state index in [-0.39, 0.29) is 17.7 Å². The van der Waals surface area contributed by atoms with Gasteiger partial charge in [0.1, 0.15) is 6.61 Å². The van der Waals surface area contributed by atoms with Crippen molar-refractivity contribution in [2.45, 2.75) is 45.9 Å². The molecule has 1 aromatic rings. The molecule has 4 nitrogen and oxygen atoms in total. The molecule has 1 atom stereocenters. The Labute approximate surface area is 127 Å². The zero-order valence-electron chi connectivity index (χ0n) is 13.5. The van der Waals surface area contributed by atoms with E-state index in [0.717, 1.165) is 25.2 Å². The lowest BCUT2D eigenvalue weighted by atomic mass is 10.0. The van der Waals surface area contributed by atoms with Crippen molar-refractivity contribution in [3.8, 4) is 0 Å². The molecule has 0 N–H and O–H groups in total. The van der Waals surface area contributed by atoms with Crippen LogP contribution in [0, 0.1) is 0 Å². The van der Waals surface area contributed by atoms with E-state index < -0.39 is 0 Å². The Hall–Kier alpha value is -1.55. The van der Waals surface area contributed by atoms with Crippen LogP contribution in [0.5, 0.6) is 0 Å². The fourth-order valence-electron chi connectivity index (χ4n) is 2.64. The molecule has 1 aromatic carbocycles. The summed E-state index contributed by atoms with van der Waals surface area (Å²) >= 11 is 0. The Morgan fingerprint density at radius 1 is 1.24 bits per heavy atom. The summed E-state index contributed by atoms with van der Waals surface area (Å²) in [5.74, 6) is 0. The first kappa shape index (κ1) is 15.8. The molecule has 116 valence electrons. The lowest BCUT2D eigenvalue weighted by Gasteiger charge is -2.45. The number of carbonyl (C=O) groups excluding carboxylic acids is 1. The van der Waals surface area contributed by atoms with Crippen molar-refractivity contribution in [1.82, 2.24) is 9.80 Å². The molecular weight excluding hydrogens is 264 g/mol. The van der Waals surface area contributed by atoms with Crippen molar-refractivity contribution < 1.29 is 9.53 Å². The number of piperazine rings is 1. The van der Waals surface area contributed by atoms with E-state index in [1.807, 2.05) is 35.2 Å². The van der Waals surface area contributed by atoms with E-state index in [1.54, 1.807) is 0 Å². The Kier molecular flexibility index (Phi) is 4.88. The van der Waals surface area contributed by atoms with Crippen LogP contribution in [0.3, 0.4) is 0 Å². The molecule has 2 rings (SSSR count). The van der Waals surface area contributed by atoms with Crippen LogP contribution in [0.15, 0.2) is 30.3 Å². The van der Waals surface area contributed by atoms with Gasteiger partial charge in [-0.1, -0.05) is 30.3 Å². The second-order valence-corrected chi connectivity index (χ2v) is 6.70. The lowest BCUT2D eigenvalue weighted by Crippen LogP contribution is -2.58. The topological polar surface area (TPSA) is 32.8 Å². The quantitative estimate of drug-likeness (QED) is 0.839. The maximum absolute atomic E-state index is 12.2. The second-order valence-electron chi connectivity index (χ2n) is 6.70. The van der Waals surface area contributed by atoms with Crippen LogP contribution in [0.4, 0.5) is 4.79 Å². The van der Waals surface area contributed by atoms with Crippen LogP contribution in [-0.4, -0.2) is 47.1 Å². The lowest BCUT2D eigenvalue weighted by molar-refractivity contribution is 0.0176. The van der Waals surface area contributed by atoms with E-state index in [4.69, 9.17) is 4.74 Å². The van der Waals surface area contributed by atoms with E-state index in [0.29, 0.717) is 6.61 Å². The summed E-state index contributed by atoms with van der Waals surface area (Å²) in [6, 6.07) is 9.98. The molecule has 1 saturated heterocycles. The smallest absolute Gasteiger partial charge is 0.410 e. The first-order valence-corrected chi connectivity index (χ1v) is 7.60. The van der Waals surface area contributed by atoms with Gasteiger partial charge in [0.15, 0.2) is 0 Å². The van der Waals surface area contributed by atoms with Gasteiger partial charge in [0, 0.05) is 31.2 Å². The summed E-state index contributed by atoms with van der Waals surface area (Å²) in [6.45, 7) is 11.6. The predicted molar refractivity (Wildman–Crippen MR) is 84.1 cm³/mol. The minimum Gasteiger partial charge on any atom is -0.445 e. The maximum atomic E-state index is 12.2. The van der Waals surface area contributed by atoms with Crippen LogP contribution in [0.1, 0.15) is 33.3 Å². The van der Waals surface area contributed by atoms with Crippen molar-refractivity contribution in [3.63, 3.8) is 0 Å². The number of benzene rings is 1. The second kappa shape index (κ2) is 6.48. The average Bonchev–Trinajstić information content (AvgIpc) is 2.45. The highest BCUT2D eigenvalue weighted by molar-refractivity contribution is 5.68. The molecule has 1 amide bonds. The van der Waals surface area contributed by atoms with E-state index in [9.17, 15) is 4.79 Å². The van der Waals surface area contributed by atoms with E-state index in [1.165, 1.54) is 0 Å². The van der Waals surface area contributed by atoms with Crippen molar-refractivity contribution in [1.29, 1.82) is 0 Å². The van der Waals surface area contributed by atoms with Crippen molar-refractivity contribution in [3.05, 3.63) is 35.9 Å². The Morgan fingerprint density at radius 2 is 1.90 bits per heavy atom. The van der Waals surface area contributed by atoms with Crippen LogP contribution >= 0.6 is 0 Å². The summed E-state index contributed by atoms with van der Waals surface area (Å²) in [4.78, 5) is 16.5. The average molecular weight is 290 g/mol. The third-order valence-corrected chi connectivity index (χ3v) is 4.02. The summed E-state index contributed by atoms with van der Waals surface area (Å²) in [7, 11) is 0. The standard InChI is InChI=1S/C17H26N2O2/c1-14-12-18(17(2,3)4)10-11-19(14)16(20)21-13-15-8-6-5-7-9-15/h5-9,14H,10-13H2,1-4H3/t14-/m1/s1. The van der Waals surface area contributed by atoms with Gasteiger partial charge in [-0.25, -0.2) is 4.79 Å². The Bertz CT molecular complexity index is 467. The molecule has 1 fully saturated rings. The van der Waals surface area contributed by atoms with Gasteiger partial charge in [0.05, 0.1) is 0 Å². The maximum Gasteiger partial charge on any atom is 0.410 e.